The highest BCUT2D eigenvalue weighted by Gasteiger charge is 2.32. The predicted octanol–water partition coefficient (Wildman–Crippen LogP) is 4.13. The lowest BCUT2D eigenvalue weighted by Gasteiger charge is -2.26. The Morgan fingerprint density at radius 2 is 1.85 bits per heavy atom. The van der Waals surface area contributed by atoms with Gasteiger partial charge in [-0.25, -0.2) is 8.78 Å². The summed E-state index contributed by atoms with van der Waals surface area (Å²) >= 11 is 0. The number of nitrogens with zero attached hydrogens (tertiary/aromatic N) is 3. The van der Waals surface area contributed by atoms with Crippen LogP contribution in [0.25, 0.3) is 0 Å². The van der Waals surface area contributed by atoms with Crippen molar-refractivity contribution in [2.24, 2.45) is 11.0 Å². The number of ketones is 1. The Balaban J connectivity index is 1.78. The Morgan fingerprint density at radius 3 is 2.44 bits per heavy atom. The standard InChI is InChI=1S/C20H15F2N3O2/c21-20(22)14-8-6-13(7-9-14)18(26)10-15-11-19(27)25(24-17(15)12-23)16-4-2-1-3-5-16/h1-9,15,20H,10-11H2. The third kappa shape index (κ3) is 4.06. The van der Waals surface area contributed by atoms with Crippen molar-refractivity contribution >= 4 is 23.1 Å². The van der Waals surface area contributed by atoms with Crippen LogP contribution >= 0.6 is 0 Å². The second kappa shape index (κ2) is 7.87. The fraction of sp³-hybridized carbons (Fsp3) is 0.200. The number of carbonyl (C=O) groups excluding carboxylic acids is 2. The van der Waals surface area contributed by atoms with Crippen molar-refractivity contribution in [3.63, 3.8) is 0 Å². The van der Waals surface area contributed by atoms with Gasteiger partial charge in [0.05, 0.1) is 5.69 Å². The first-order chi connectivity index (χ1) is 13.0. The molecule has 0 aromatic heterocycles. The zero-order valence-electron chi connectivity index (χ0n) is 14.2. The summed E-state index contributed by atoms with van der Waals surface area (Å²) in [6.45, 7) is 0. The van der Waals surface area contributed by atoms with Crippen molar-refractivity contribution in [1.82, 2.24) is 0 Å². The Labute approximate surface area is 154 Å². The van der Waals surface area contributed by atoms with E-state index in [-0.39, 0.29) is 41.4 Å². The lowest BCUT2D eigenvalue weighted by Crippen LogP contribution is -2.37. The third-order valence-corrected chi connectivity index (χ3v) is 4.28. The van der Waals surface area contributed by atoms with Gasteiger partial charge < -0.3 is 0 Å². The molecule has 2 aromatic carbocycles. The molecular weight excluding hydrogens is 352 g/mol. The predicted molar refractivity (Wildman–Crippen MR) is 95.4 cm³/mol. The highest BCUT2D eigenvalue weighted by atomic mass is 19.3. The summed E-state index contributed by atoms with van der Waals surface area (Å²) in [6, 6.07) is 15.7. The largest absolute Gasteiger partial charge is 0.294 e. The van der Waals surface area contributed by atoms with Gasteiger partial charge in [0.25, 0.3) is 6.43 Å². The molecule has 1 aliphatic heterocycles. The van der Waals surface area contributed by atoms with Gasteiger partial charge in [-0.05, 0) is 12.1 Å². The molecule has 1 unspecified atom stereocenters. The molecule has 7 heteroatoms. The molecule has 1 atom stereocenters. The smallest absolute Gasteiger partial charge is 0.263 e. The van der Waals surface area contributed by atoms with Gasteiger partial charge in [-0.2, -0.15) is 15.4 Å². The topological polar surface area (TPSA) is 73.5 Å². The molecule has 0 aliphatic carbocycles. The molecule has 1 amide bonds. The number of carbonyl (C=O) groups is 2. The number of benzene rings is 2. The van der Waals surface area contributed by atoms with E-state index in [2.05, 4.69) is 5.10 Å². The van der Waals surface area contributed by atoms with Crippen LogP contribution < -0.4 is 5.01 Å². The number of nitriles is 1. The summed E-state index contributed by atoms with van der Waals surface area (Å²) in [7, 11) is 0. The van der Waals surface area contributed by atoms with E-state index in [4.69, 9.17) is 0 Å². The van der Waals surface area contributed by atoms with Gasteiger partial charge in [0.15, 0.2) is 5.78 Å². The Kier molecular flexibility index (Phi) is 5.36. The van der Waals surface area contributed by atoms with Crippen molar-refractivity contribution in [2.75, 3.05) is 5.01 Å². The molecule has 3 rings (SSSR count). The van der Waals surface area contributed by atoms with Crippen LogP contribution in [0.4, 0.5) is 14.5 Å². The lowest BCUT2D eigenvalue weighted by atomic mass is 9.90. The van der Waals surface area contributed by atoms with Gasteiger partial charge in [0.1, 0.15) is 11.8 Å². The maximum Gasteiger partial charge on any atom is 0.263 e. The molecule has 0 saturated heterocycles. The monoisotopic (exact) mass is 367 g/mol. The van der Waals surface area contributed by atoms with E-state index >= 15 is 0 Å². The number of hydrogen-bond acceptors (Lipinski definition) is 4. The zero-order chi connectivity index (χ0) is 19.4. The first-order valence-electron chi connectivity index (χ1n) is 8.27. The molecule has 0 N–H and O–H groups in total. The summed E-state index contributed by atoms with van der Waals surface area (Å²) in [4.78, 5) is 24.9. The van der Waals surface area contributed by atoms with Gasteiger partial charge in [0.2, 0.25) is 5.91 Å². The molecule has 0 bridgehead atoms. The van der Waals surface area contributed by atoms with Crippen LogP contribution in [0.15, 0.2) is 59.7 Å². The van der Waals surface area contributed by atoms with Crippen LogP contribution in [-0.2, 0) is 4.79 Å². The van der Waals surface area contributed by atoms with Crippen LogP contribution in [0, 0.1) is 17.2 Å². The van der Waals surface area contributed by atoms with Crippen LogP contribution in [0.1, 0.15) is 35.2 Å². The SMILES string of the molecule is N#CC1=NN(c2ccccc2)C(=O)CC1CC(=O)c1ccc(C(F)F)cc1. The number of alkyl halides is 2. The van der Waals surface area contributed by atoms with Crippen molar-refractivity contribution in [3.05, 3.63) is 65.7 Å². The maximum absolute atomic E-state index is 12.6. The maximum atomic E-state index is 12.6. The fourth-order valence-corrected chi connectivity index (χ4v) is 2.85. The van der Waals surface area contributed by atoms with Crippen LogP contribution in [0.2, 0.25) is 0 Å². The van der Waals surface area contributed by atoms with Gasteiger partial charge >= 0.3 is 0 Å². The molecular formula is C20H15F2N3O2. The van der Waals surface area contributed by atoms with E-state index in [0.717, 1.165) is 5.01 Å². The van der Waals surface area contributed by atoms with E-state index in [1.807, 2.05) is 6.07 Å². The molecule has 0 radical (unpaired) electrons. The van der Waals surface area contributed by atoms with Crippen LogP contribution in [0.3, 0.4) is 0 Å². The van der Waals surface area contributed by atoms with Crippen molar-refractivity contribution in [3.8, 4) is 6.07 Å². The van der Waals surface area contributed by atoms with E-state index in [1.165, 1.54) is 24.3 Å². The molecule has 0 saturated carbocycles. The molecule has 0 fully saturated rings. The normalized spacial score (nSPS) is 16.8. The molecule has 1 aliphatic rings. The van der Waals surface area contributed by atoms with E-state index in [1.54, 1.807) is 30.3 Å². The quantitative estimate of drug-likeness (QED) is 0.746. The summed E-state index contributed by atoms with van der Waals surface area (Å²) in [5.74, 6) is -1.28. The molecule has 0 spiro atoms. The average molecular weight is 367 g/mol. The highest BCUT2D eigenvalue weighted by Crippen LogP contribution is 2.26. The van der Waals surface area contributed by atoms with Crippen molar-refractivity contribution in [1.29, 1.82) is 5.26 Å². The molecule has 2 aromatic rings. The number of hydrazone groups is 1. The number of Topliss-reactive ketones (excluding diaryl/α,β-unsaturated/α-hetero) is 1. The number of para-hydroxylation sites is 1. The van der Waals surface area contributed by atoms with Crippen molar-refractivity contribution < 1.29 is 18.4 Å². The van der Waals surface area contributed by atoms with Crippen molar-refractivity contribution in [2.45, 2.75) is 19.3 Å². The fourth-order valence-electron chi connectivity index (χ4n) is 2.85. The second-order valence-corrected chi connectivity index (χ2v) is 6.09. The Bertz CT molecular complexity index is 918. The second-order valence-electron chi connectivity index (χ2n) is 6.09. The minimum Gasteiger partial charge on any atom is -0.294 e. The van der Waals surface area contributed by atoms with Gasteiger partial charge in [-0.3, -0.25) is 9.59 Å². The van der Waals surface area contributed by atoms with E-state index in [0.29, 0.717) is 5.69 Å². The van der Waals surface area contributed by atoms with Gasteiger partial charge in [0, 0.05) is 29.9 Å². The first kappa shape index (κ1) is 18.4. The molecule has 136 valence electrons. The minimum absolute atomic E-state index is 0.0256. The minimum atomic E-state index is -2.61. The van der Waals surface area contributed by atoms with E-state index in [9.17, 15) is 23.6 Å². The number of hydrogen-bond donors (Lipinski definition) is 0. The summed E-state index contributed by atoms with van der Waals surface area (Å²) in [6.07, 6.45) is -2.72. The molecule has 5 nitrogen and oxygen atoms in total. The average Bonchev–Trinajstić information content (AvgIpc) is 2.69. The van der Waals surface area contributed by atoms with E-state index < -0.39 is 12.3 Å². The third-order valence-electron chi connectivity index (χ3n) is 4.28. The van der Waals surface area contributed by atoms with Crippen LogP contribution in [-0.4, -0.2) is 17.4 Å². The number of rotatable bonds is 5. The van der Waals surface area contributed by atoms with Gasteiger partial charge in [-0.1, -0.05) is 42.5 Å². The highest BCUT2D eigenvalue weighted by molar-refractivity contribution is 6.11. The number of halogens is 2. The molecule has 1 heterocycles. The summed E-state index contributed by atoms with van der Waals surface area (Å²) < 4.78 is 25.2. The van der Waals surface area contributed by atoms with Crippen LogP contribution in [0.5, 0.6) is 0 Å². The first-order valence-corrected chi connectivity index (χ1v) is 8.27. The summed E-state index contributed by atoms with van der Waals surface area (Å²) in [5, 5.41) is 14.6. The lowest BCUT2D eigenvalue weighted by molar-refractivity contribution is -0.119. The Morgan fingerprint density at radius 1 is 1.19 bits per heavy atom. The number of anilines is 1. The zero-order valence-corrected chi connectivity index (χ0v) is 14.2. The summed E-state index contributed by atoms with van der Waals surface area (Å²) in [5.41, 5.74) is 0.727. The van der Waals surface area contributed by atoms with Gasteiger partial charge in [-0.15, -0.1) is 0 Å². The molecule has 27 heavy (non-hydrogen) atoms. The number of amides is 1. The Hall–Kier alpha value is -3.40.